The lowest BCUT2D eigenvalue weighted by molar-refractivity contribution is -0.118. The summed E-state index contributed by atoms with van der Waals surface area (Å²) in [6.07, 6.45) is 1.37. The lowest BCUT2D eigenvalue weighted by atomic mass is 9.68. The molecule has 4 heteroatoms. The fraction of sp³-hybridized carbons (Fsp3) is 0.240. The predicted octanol–water partition coefficient (Wildman–Crippen LogP) is 7.35. The van der Waals surface area contributed by atoms with Gasteiger partial charge in [-0.1, -0.05) is 73.4 Å². The van der Waals surface area contributed by atoms with Crippen molar-refractivity contribution in [2.75, 3.05) is 5.32 Å². The number of hydrogen-bond acceptors (Lipinski definition) is 2. The van der Waals surface area contributed by atoms with Crippen molar-refractivity contribution in [1.29, 1.82) is 0 Å². The van der Waals surface area contributed by atoms with Gasteiger partial charge in [-0.05, 0) is 51.9 Å². The van der Waals surface area contributed by atoms with Crippen molar-refractivity contribution in [3.8, 4) is 0 Å². The molecule has 29 heavy (non-hydrogen) atoms. The third-order valence-corrected chi connectivity index (χ3v) is 6.59. The SMILES string of the molecule is CC1(C)CC(=O)C2=C(C1)Nc1ccc3ccccc3c1[C@@H]2c1ccc(Cl)cc1Cl. The Bertz CT molecular complexity index is 1210. The molecular weight excluding hydrogens is 401 g/mol. The van der Waals surface area contributed by atoms with Crippen molar-refractivity contribution in [2.24, 2.45) is 5.41 Å². The van der Waals surface area contributed by atoms with Gasteiger partial charge in [0.1, 0.15) is 0 Å². The van der Waals surface area contributed by atoms with E-state index < -0.39 is 0 Å². The fourth-order valence-electron chi connectivity index (χ4n) is 4.85. The van der Waals surface area contributed by atoms with Gasteiger partial charge < -0.3 is 5.32 Å². The molecule has 0 unspecified atom stereocenters. The Kier molecular flexibility index (Phi) is 4.27. The highest BCUT2D eigenvalue weighted by Crippen LogP contribution is 2.52. The van der Waals surface area contributed by atoms with Crippen LogP contribution in [0.15, 0.2) is 65.9 Å². The Morgan fingerprint density at radius 3 is 2.59 bits per heavy atom. The lowest BCUT2D eigenvalue weighted by Crippen LogP contribution is -2.34. The van der Waals surface area contributed by atoms with Crippen LogP contribution < -0.4 is 5.32 Å². The van der Waals surface area contributed by atoms with Gasteiger partial charge in [0.15, 0.2) is 5.78 Å². The van der Waals surface area contributed by atoms with Crippen LogP contribution in [0.25, 0.3) is 10.8 Å². The highest BCUT2D eigenvalue weighted by molar-refractivity contribution is 6.35. The number of carbonyl (C=O) groups is 1. The zero-order valence-electron chi connectivity index (χ0n) is 16.4. The molecule has 146 valence electrons. The highest BCUT2D eigenvalue weighted by Gasteiger charge is 2.41. The number of anilines is 1. The summed E-state index contributed by atoms with van der Waals surface area (Å²) in [5.74, 6) is -0.0148. The second-order valence-electron chi connectivity index (χ2n) is 8.80. The summed E-state index contributed by atoms with van der Waals surface area (Å²) in [7, 11) is 0. The van der Waals surface area contributed by atoms with Crippen LogP contribution in [0.2, 0.25) is 10.0 Å². The first kappa shape index (κ1) is 18.7. The molecule has 0 saturated heterocycles. The molecule has 5 rings (SSSR count). The van der Waals surface area contributed by atoms with Gasteiger partial charge in [-0.2, -0.15) is 0 Å². The summed E-state index contributed by atoms with van der Waals surface area (Å²) >= 11 is 12.9. The van der Waals surface area contributed by atoms with Crippen LogP contribution in [0.3, 0.4) is 0 Å². The Balaban J connectivity index is 1.84. The van der Waals surface area contributed by atoms with Crippen molar-refractivity contribution in [2.45, 2.75) is 32.6 Å². The average molecular weight is 422 g/mol. The molecular formula is C25H21Cl2NO. The molecule has 0 aromatic heterocycles. The van der Waals surface area contributed by atoms with Crippen molar-refractivity contribution in [3.63, 3.8) is 0 Å². The number of allylic oxidation sites excluding steroid dienone is 2. The second-order valence-corrected chi connectivity index (χ2v) is 9.65. The van der Waals surface area contributed by atoms with Crippen molar-refractivity contribution in [1.82, 2.24) is 0 Å². The smallest absolute Gasteiger partial charge is 0.162 e. The summed E-state index contributed by atoms with van der Waals surface area (Å²) in [6, 6.07) is 18.1. The molecule has 0 fully saturated rings. The molecule has 1 N–H and O–H groups in total. The molecule has 1 aliphatic carbocycles. The van der Waals surface area contributed by atoms with E-state index in [1.54, 1.807) is 6.07 Å². The van der Waals surface area contributed by atoms with Crippen LogP contribution >= 0.6 is 23.2 Å². The summed E-state index contributed by atoms with van der Waals surface area (Å²) in [5.41, 5.74) is 4.88. The number of hydrogen-bond donors (Lipinski definition) is 1. The minimum Gasteiger partial charge on any atom is -0.358 e. The molecule has 0 amide bonds. The number of halogens is 2. The minimum absolute atomic E-state index is 0.0639. The first-order valence-corrected chi connectivity index (χ1v) is 10.6. The number of rotatable bonds is 1. The van der Waals surface area contributed by atoms with Crippen LogP contribution in [0.5, 0.6) is 0 Å². The second kappa shape index (κ2) is 6.62. The van der Waals surface area contributed by atoms with E-state index in [1.165, 1.54) is 0 Å². The normalized spacial score (nSPS) is 20.3. The van der Waals surface area contributed by atoms with Gasteiger partial charge in [0, 0.05) is 39.3 Å². The average Bonchev–Trinajstić information content (AvgIpc) is 2.65. The number of benzene rings is 3. The van der Waals surface area contributed by atoms with Gasteiger partial charge >= 0.3 is 0 Å². The van der Waals surface area contributed by atoms with Gasteiger partial charge in [0.2, 0.25) is 0 Å². The van der Waals surface area contributed by atoms with Crippen LogP contribution in [-0.4, -0.2) is 5.78 Å². The molecule has 0 saturated carbocycles. The summed E-state index contributed by atoms with van der Waals surface area (Å²) in [4.78, 5) is 13.4. The first-order chi connectivity index (χ1) is 13.8. The van der Waals surface area contributed by atoms with Crippen LogP contribution in [0.4, 0.5) is 5.69 Å². The van der Waals surface area contributed by atoms with Crippen molar-refractivity contribution >= 4 is 45.4 Å². The monoisotopic (exact) mass is 421 g/mol. The molecule has 1 atom stereocenters. The molecule has 3 aromatic rings. The lowest BCUT2D eigenvalue weighted by Gasteiger charge is -2.40. The molecule has 0 bridgehead atoms. The van der Waals surface area contributed by atoms with E-state index in [0.717, 1.165) is 45.3 Å². The molecule has 2 nitrogen and oxygen atoms in total. The van der Waals surface area contributed by atoms with E-state index in [9.17, 15) is 4.79 Å². The van der Waals surface area contributed by atoms with Crippen LogP contribution in [0, 0.1) is 5.41 Å². The predicted molar refractivity (Wildman–Crippen MR) is 121 cm³/mol. The molecule has 2 aliphatic rings. The maximum Gasteiger partial charge on any atom is 0.162 e. The highest BCUT2D eigenvalue weighted by atomic mass is 35.5. The number of ketones is 1. The zero-order chi connectivity index (χ0) is 20.3. The minimum atomic E-state index is -0.208. The van der Waals surface area contributed by atoms with Gasteiger partial charge in [0.25, 0.3) is 0 Å². The van der Waals surface area contributed by atoms with E-state index in [1.807, 2.05) is 24.3 Å². The molecule has 0 spiro atoms. The topological polar surface area (TPSA) is 29.1 Å². The van der Waals surface area contributed by atoms with Gasteiger partial charge in [0.05, 0.1) is 0 Å². The van der Waals surface area contributed by atoms with Gasteiger partial charge in [-0.15, -0.1) is 0 Å². The molecule has 1 aliphatic heterocycles. The Labute approximate surface area is 180 Å². The van der Waals surface area contributed by atoms with Crippen molar-refractivity contribution in [3.05, 3.63) is 87.0 Å². The van der Waals surface area contributed by atoms with E-state index in [2.05, 4.69) is 43.4 Å². The third kappa shape index (κ3) is 3.06. The standard InChI is InChI=1S/C25H21Cl2NO/c1-25(2)12-20-24(21(29)13-25)23(17-9-8-15(26)11-18(17)27)22-16-6-4-3-5-14(16)7-10-19(22)28-20/h3-11,23,28H,12-13H2,1-2H3/t23-/m0/s1. The third-order valence-electron chi connectivity index (χ3n) is 6.03. The Hall–Kier alpha value is -2.29. The Morgan fingerprint density at radius 2 is 1.79 bits per heavy atom. The van der Waals surface area contributed by atoms with Gasteiger partial charge in [-0.25, -0.2) is 0 Å². The van der Waals surface area contributed by atoms with E-state index in [4.69, 9.17) is 23.2 Å². The Morgan fingerprint density at radius 1 is 1.00 bits per heavy atom. The molecule has 3 aromatic carbocycles. The van der Waals surface area contributed by atoms with E-state index >= 15 is 0 Å². The number of fused-ring (bicyclic) bond motifs is 3. The van der Waals surface area contributed by atoms with Gasteiger partial charge in [-0.3, -0.25) is 4.79 Å². The molecule has 0 radical (unpaired) electrons. The fourth-order valence-corrected chi connectivity index (χ4v) is 5.37. The maximum atomic E-state index is 13.4. The maximum absolute atomic E-state index is 13.4. The van der Waals surface area contributed by atoms with Crippen LogP contribution in [-0.2, 0) is 4.79 Å². The van der Waals surface area contributed by atoms with Crippen LogP contribution in [0.1, 0.15) is 43.7 Å². The summed E-state index contributed by atoms with van der Waals surface area (Å²) in [6.45, 7) is 4.30. The first-order valence-electron chi connectivity index (χ1n) is 9.84. The number of nitrogens with one attached hydrogen (secondary N) is 1. The largest absolute Gasteiger partial charge is 0.358 e. The summed E-state index contributed by atoms with van der Waals surface area (Å²) in [5, 5.41) is 7.07. The zero-order valence-corrected chi connectivity index (χ0v) is 17.9. The van der Waals surface area contributed by atoms with Crippen molar-refractivity contribution < 1.29 is 4.79 Å². The summed E-state index contributed by atoms with van der Waals surface area (Å²) < 4.78 is 0. The molecule has 1 heterocycles. The van der Waals surface area contributed by atoms with E-state index in [-0.39, 0.29) is 17.1 Å². The van der Waals surface area contributed by atoms with E-state index in [0.29, 0.717) is 16.5 Å². The number of Topliss-reactive ketones (excluding diaryl/α,β-unsaturated/α-hetero) is 1. The quantitative estimate of drug-likeness (QED) is 0.444. The number of carbonyl (C=O) groups excluding carboxylic acids is 1.